The van der Waals surface area contributed by atoms with E-state index in [9.17, 15) is 4.79 Å². The van der Waals surface area contributed by atoms with Crippen LogP contribution < -0.4 is 5.32 Å². The molecular weight excluding hydrogens is 421 g/mol. The van der Waals surface area contributed by atoms with Crippen molar-refractivity contribution in [3.8, 4) is 0 Å². The molecule has 19 heavy (non-hydrogen) atoms. The van der Waals surface area contributed by atoms with Gasteiger partial charge in [0.05, 0.1) is 13.1 Å². The maximum absolute atomic E-state index is 12.0. The second-order valence-corrected chi connectivity index (χ2v) is 7.69. The van der Waals surface area contributed by atoms with Crippen molar-refractivity contribution in [1.82, 2.24) is 0 Å². The summed E-state index contributed by atoms with van der Waals surface area (Å²) in [5.41, 5.74) is 0.667. The van der Waals surface area contributed by atoms with Crippen LogP contribution in [0.1, 0.15) is 25.3 Å². The van der Waals surface area contributed by atoms with Crippen LogP contribution >= 0.6 is 38.5 Å². The predicted octanol–water partition coefficient (Wildman–Crippen LogP) is 2.37. The number of esters is 1. The van der Waals surface area contributed by atoms with Crippen molar-refractivity contribution in [3.05, 3.63) is 34.3 Å². The number of alkyl halides is 1. The van der Waals surface area contributed by atoms with Gasteiger partial charge in [-0.2, -0.15) is 0 Å². The van der Waals surface area contributed by atoms with E-state index in [0.29, 0.717) is 0 Å². The van der Waals surface area contributed by atoms with Gasteiger partial charge in [-0.3, -0.25) is 4.79 Å². The normalized spacial score (nSPS) is 19.7. The first-order chi connectivity index (χ1) is 9.03. The maximum atomic E-state index is 12.0. The van der Waals surface area contributed by atoms with Crippen molar-refractivity contribution in [2.45, 2.75) is 29.3 Å². The zero-order chi connectivity index (χ0) is 13.9. The monoisotopic (exact) mass is 438 g/mol. The summed E-state index contributed by atoms with van der Waals surface area (Å²) in [6, 6.07) is 8.13. The Morgan fingerprint density at radius 1 is 1.37 bits per heavy atom. The Morgan fingerprint density at radius 2 is 1.95 bits per heavy atom. The first-order valence-corrected chi connectivity index (χ1v) is 8.52. The highest BCUT2D eigenvalue weighted by Gasteiger charge is 2.40. The van der Waals surface area contributed by atoms with E-state index in [1.165, 1.54) is 0 Å². The lowest BCUT2D eigenvalue weighted by Gasteiger charge is -2.36. The zero-order valence-corrected chi connectivity index (χ0v) is 14.6. The van der Waals surface area contributed by atoms with Crippen molar-refractivity contribution in [3.63, 3.8) is 0 Å². The molecule has 1 saturated heterocycles. The Labute approximate surface area is 135 Å². The summed E-state index contributed by atoms with van der Waals surface area (Å²) in [6.07, 6.45) is 1.76. The average Bonchev–Trinajstić information content (AvgIpc) is 2.40. The van der Waals surface area contributed by atoms with E-state index in [-0.39, 0.29) is 9.89 Å². The molecule has 1 aromatic rings. The number of quaternary nitrogens is 1. The fraction of sp³-hybridized carbons (Fsp3) is 0.500. The Kier molecular flexibility index (Phi) is 5.25. The molecule has 2 rings (SSSR count). The fourth-order valence-corrected chi connectivity index (χ4v) is 2.81. The quantitative estimate of drug-likeness (QED) is 0.447. The summed E-state index contributed by atoms with van der Waals surface area (Å²) in [4.78, 5) is 12.0. The zero-order valence-electron chi connectivity index (χ0n) is 10.9. The first-order valence-electron chi connectivity index (χ1n) is 6.48. The van der Waals surface area contributed by atoms with Crippen LogP contribution in [-0.2, 0) is 15.1 Å². The Morgan fingerprint density at radius 3 is 2.47 bits per heavy atom. The molecule has 1 aliphatic heterocycles. The number of nitrogens with two attached hydrogens (primary N) is 1. The van der Waals surface area contributed by atoms with E-state index >= 15 is 0 Å². The number of hydrogen-bond acceptors (Lipinski definition) is 2. The molecule has 0 saturated carbocycles. The Bertz CT molecular complexity index is 441. The van der Waals surface area contributed by atoms with Gasteiger partial charge in [0, 0.05) is 17.3 Å². The Balaban J connectivity index is 2.28. The van der Waals surface area contributed by atoms with E-state index < -0.39 is 5.60 Å². The maximum Gasteiger partial charge on any atom is 0.319 e. The smallest absolute Gasteiger partial charge is 0.319 e. The largest absolute Gasteiger partial charge is 0.453 e. The molecule has 0 radical (unpaired) electrons. The van der Waals surface area contributed by atoms with Gasteiger partial charge in [-0.15, -0.1) is 0 Å². The van der Waals surface area contributed by atoms with Crippen LogP contribution in [0.15, 0.2) is 28.7 Å². The third-order valence-electron chi connectivity index (χ3n) is 3.50. The number of hydrogen-bond donors (Lipinski definition) is 1. The van der Waals surface area contributed by atoms with Gasteiger partial charge in [0.1, 0.15) is 9.53 Å². The summed E-state index contributed by atoms with van der Waals surface area (Å²) >= 11 is 5.55. The molecule has 5 heteroatoms. The summed E-state index contributed by atoms with van der Waals surface area (Å²) < 4.78 is 6.81. The summed E-state index contributed by atoms with van der Waals surface area (Å²) in [7, 11) is 0. The molecule has 0 aliphatic carbocycles. The average molecular weight is 439 g/mol. The van der Waals surface area contributed by atoms with Gasteiger partial charge in [0.25, 0.3) is 0 Å². The van der Waals surface area contributed by atoms with Gasteiger partial charge in [-0.05, 0) is 24.6 Å². The first kappa shape index (κ1) is 15.3. The van der Waals surface area contributed by atoms with Crippen molar-refractivity contribution in [2.75, 3.05) is 13.1 Å². The number of carbonyl (C=O) groups is 1. The molecule has 1 aromatic carbocycles. The van der Waals surface area contributed by atoms with Crippen molar-refractivity contribution in [1.29, 1.82) is 0 Å². The summed E-state index contributed by atoms with van der Waals surface area (Å²) in [5, 5.41) is 2.28. The lowest BCUT2D eigenvalue weighted by molar-refractivity contribution is -0.668. The number of halogens is 2. The molecule has 1 fully saturated rings. The minimum Gasteiger partial charge on any atom is -0.453 e. The number of carbonyl (C=O) groups excluding carboxylic acids is 1. The Hall–Kier alpha value is -0.140. The predicted molar refractivity (Wildman–Crippen MR) is 86.3 cm³/mol. The molecule has 2 N–H and O–H groups in total. The van der Waals surface area contributed by atoms with Crippen LogP contribution in [0.25, 0.3) is 0 Å². The highest BCUT2D eigenvalue weighted by atomic mass is 127. The molecule has 104 valence electrons. The molecule has 1 atom stereocenters. The highest BCUT2D eigenvalue weighted by molar-refractivity contribution is 14.1. The molecule has 0 amide bonds. The van der Waals surface area contributed by atoms with Crippen LogP contribution in [0.5, 0.6) is 0 Å². The minimum atomic E-state index is -0.439. The molecule has 1 aliphatic rings. The van der Waals surface area contributed by atoms with Gasteiger partial charge in [-0.25, -0.2) is 0 Å². The van der Waals surface area contributed by atoms with E-state index in [1.807, 2.05) is 19.1 Å². The molecule has 0 aromatic heterocycles. The molecular formula is C14H18BrINO2+. The summed E-state index contributed by atoms with van der Waals surface area (Å²) in [5.74, 6) is -0.120. The van der Waals surface area contributed by atoms with E-state index in [4.69, 9.17) is 4.74 Å². The number of piperidine rings is 1. The molecule has 1 heterocycles. The molecule has 0 spiro atoms. The van der Waals surface area contributed by atoms with Crippen molar-refractivity contribution >= 4 is 44.5 Å². The fourth-order valence-electron chi connectivity index (χ4n) is 2.42. The summed E-state index contributed by atoms with van der Waals surface area (Å²) in [6.45, 7) is 3.87. The molecule has 0 bridgehead atoms. The van der Waals surface area contributed by atoms with Crippen LogP contribution in [0.4, 0.5) is 0 Å². The second kappa shape index (κ2) is 6.54. The van der Waals surface area contributed by atoms with Gasteiger partial charge in [0.2, 0.25) is 0 Å². The second-order valence-electron chi connectivity index (χ2n) is 4.90. The van der Waals surface area contributed by atoms with E-state index in [2.05, 4.69) is 56.0 Å². The minimum absolute atomic E-state index is 0.115. The number of ether oxygens (including phenoxy) is 1. The van der Waals surface area contributed by atoms with Crippen LogP contribution in [-0.4, -0.2) is 23.0 Å². The van der Waals surface area contributed by atoms with Crippen LogP contribution in [0.3, 0.4) is 0 Å². The SMILES string of the molecule is CC(I)C(=O)OC1(c2ccc(Br)cc2)CC[NH2+]CC1. The van der Waals surface area contributed by atoms with Crippen LogP contribution in [0.2, 0.25) is 0 Å². The van der Waals surface area contributed by atoms with E-state index in [0.717, 1.165) is 36.0 Å². The number of rotatable bonds is 3. The van der Waals surface area contributed by atoms with E-state index in [1.54, 1.807) is 0 Å². The van der Waals surface area contributed by atoms with Crippen molar-refractivity contribution < 1.29 is 14.8 Å². The third-order valence-corrected chi connectivity index (χ3v) is 4.53. The van der Waals surface area contributed by atoms with Crippen LogP contribution in [0, 0.1) is 0 Å². The van der Waals surface area contributed by atoms with Gasteiger partial charge in [0.15, 0.2) is 0 Å². The third kappa shape index (κ3) is 3.70. The lowest BCUT2D eigenvalue weighted by Crippen LogP contribution is -2.87. The molecule has 3 nitrogen and oxygen atoms in total. The standard InChI is InChI=1S/C14H17BrINO2/c1-10(16)13(18)19-14(6-8-17-9-7-14)11-2-4-12(15)5-3-11/h2-5,10,17H,6-9H2,1H3/p+1. The highest BCUT2D eigenvalue weighted by Crippen LogP contribution is 2.35. The number of benzene rings is 1. The van der Waals surface area contributed by atoms with Crippen molar-refractivity contribution in [2.24, 2.45) is 0 Å². The van der Waals surface area contributed by atoms with Gasteiger partial charge < -0.3 is 10.1 Å². The van der Waals surface area contributed by atoms with Gasteiger partial charge in [-0.1, -0.05) is 50.7 Å². The topological polar surface area (TPSA) is 42.9 Å². The lowest BCUT2D eigenvalue weighted by atomic mass is 9.85. The molecule has 1 unspecified atom stereocenters. The van der Waals surface area contributed by atoms with Gasteiger partial charge >= 0.3 is 5.97 Å².